The Hall–Kier alpha value is -4.86. The highest BCUT2D eigenvalue weighted by Gasteiger charge is 2.25. The van der Waals surface area contributed by atoms with Crippen molar-refractivity contribution in [3.63, 3.8) is 0 Å². The number of amides is 2. The lowest BCUT2D eigenvalue weighted by Gasteiger charge is -2.25. The van der Waals surface area contributed by atoms with Crippen LogP contribution in [-0.4, -0.2) is 47.2 Å². The number of anilines is 2. The van der Waals surface area contributed by atoms with E-state index in [1.54, 1.807) is 26.0 Å². The number of hydrogen-bond acceptors (Lipinski definition) is 7. The molecule has 1 atom stereocenters. The molecule has 10 nitrogen and oxygen atoms in total. The summed E-state index contributed by atoms with van der Waals surface area (Å²) in [6.45, 7) is 2.00. The first-order valence-electron chi connectivity index (χ1n) is 11.9. The number of rotatable bonds is 9. The van der Waals surface area contributed by atoms with Crippen LogP contribution in [0.2, 0.25) is 0 Å². The minimum atomic E-state index is -1.25. The van der Waals surface area contributed by atoms with Crippen LogP contribution in [0.1, 0.15) is 16.7 Å². The van der Waals surface area contributed by atoms with Gasteiger partial charge < -0.3 is 24.5 Å². The Morgan fingerprint density at radius 3 is 2.42 bits per heavy atom. The van der Waals surface area contributed by atoms with Crippen LogP contribution >= 0.6 is 0 Å². The Morgan fingerprint density at radius 1 is 1.05 bits per heavy atom. The predicted molar refractivity (Wildman–Crippen MR) is 144 cm³/mol. The Kier molecular flexibility index (Phi) is 7.91. The van der Waals surface area contributed by atoms with Crippen molar-refractivity contribution >= 4 is 34.6 Å². The fourth-order valence-corrected chi connectivity index (χ4v) is 4.18. The number of carbonyl (C=O) groups excluding carboxylic acids is 1. The van der Waals surface area contributed by atoms with E-state index in [1.165, 1.54) is 12.1 Å². The number of benzene rings is 3. The van der Waals surface area contributed by atoms with Crippen LogP contribution in [0.25, 0.3) is 10.9 Å². The maximum atomic E-state index is 13.6. The monoisotopic (exact) mass is 516 g/mol. The third-order valence-corrected chi connectivity index (χ3v) is 6.13. The van der Waals surface area contributed by atoms with Gasteiger partial charge in [-0.15, -0.1) is 0 Å². The van der Waals surface area contributed by atoms with Crippen LogP contribution in [0.3, 0.4) is 0 Å². The van der Waals surface area contributed by atoms with Crippen molar-refractivity contribution in [3.05, 3.63) is 93.8 Å². The molecule has 0 radical (unpaired) electrons. The molecule has 0 aliphatic heterocycles. The predicted octanol–water partition coefficient (Wildman–Crippen LogP) is 4.28. The van der Waals surface area contributed by atoms with Crippen molar-refractivity contribution in [1.82, 2.24) is 9.88 Å². The minimum Gasteiger partial charge on any atom is -0.497 e. The van der Waals surface area contributed by atoms with E-state index in [4.69, 9.17) is 14.3 Å². The van der Waals surface area contributed by atoms with Crippen LogP contribution in [-0.2, 0) is 17.8 Å². The molecule has 196 valence electrons. The summed E-state index contributed by atoms with van der Waals surface area (Å²) in [6, 6.07) is 19.1. The molecule has 1 heterocycles. The van der Waals surface area contributed by atoms with Crippen molar-refractivity contribution in [2.45, 2.75) is 25.9 Å². The van der Waals surface area contributed by atoms with E-state index in [-0.39, 0.29) is 23.0 Å². The molecular formula is C28H28N4O6. The number of methoxy groups -OCH3 is 1. The molecule has 0 saturated heterocycles. The van der Waals surface area contributed by atoms with E-state index in [9.17, 15) is 14.4 Å². The van der Waals surface area contributed by atoms with E-state index in [1.807, 2.05) is 54.6 Å². The second kappa shape index (κ2) is 11.5. The number of ether oxygens (including phenoxy) is 1. The molecule has 0 bridgehead atoms. The average Bonchev–Trinajstić information content (AvgIpc) is 2.90. The van der Waals surface area contributed by atoms with Crippen LogP contribution < -0.4 is 21.0 Å². The van der Waals surface area contributed by atoms with Gasteiger partial charge >= 0.3 is 11.7 Å². The fourth-order valence-electron chi connectivity index (χ4n) is 4.18. The average molecular weight is 517 g/mol. The Bertz CT molecular complexity index is 1500. The standard InChI is InChI=1S/C28H28N4O6/c1-17-21(31-28(35)36)13-14-22-24(17)26(34)38-27(29-22)30-23(15-18-9-11-20(37-3)12-10-18)25(33)32(2)16-19-7-5-4-6-8-19/h4-14,23,31H,15-16H2,1-3H3,(H,29,30)(H,35,36)/t23-/m0/s1. The second-order valence-corrected chi connectivity index (χ2v) is 8.80. The van der Waals surface area contributed by atoms with Gasteiger partial charge in [-0.2, -0.15) is 4.98 Å². The summed E-state index contributed by atoms with van der Waals surface area (Å²) in [5, 5.41) is 14.5. The van der Waals surface area contributed by atoms with Gasteiger partial charge in [-0.25, -0.2) is 9.59 Å². The zero-order chi connectivity index (χ0) is 27.2. The molecule has 4 aromatic rings. The summed E-state index contributed by atoms with van der Waals surface area (Å²) >= 11 is 0. The molecule has 0 aliphatic carbocycles. The summed E-state index contributed by atoms with van der Waals surface area (Å²) < 4.78 is 10.7. The van der Waals surface area contributed by atoms with Crippen molar-refractivity contribution in [1.29, 1.82) is 0 Å². The number of nitrogens with one attached hydrogen (secondary N) is 2. The summed E-state index contributed by atoms with van der Waals surface area (Å²) in [7, 11) is 3.29. The summed E-state index contributed by atoms with van der Waals surface area (Å²) in [4.78, 5) is 43.5. The summed E-state index contributed by atoms with van der Waals surface area (Å²) in [5.41, 5.74) is 2.11. The summed E-state index contributed by atoms with van der Waals surface area (Å²) in [5.74, 6) is 0.478. The third-order valence-electron chi connectivity index (χ3n) is 6.13. The molecule has 0 spiro atoms. The van der Waals surface area contributed by atoms with Gasteiger partial charge in [0.1, 0.15) is 11.8 Å². The number of nitrogens with zero attached hydrogens (tertiary/aromatic N) is 2. The number of aromatic nitrogens is 1. The number of fused-ring (bicyclic) bond motifs is 1. The summed E-state index contributed by atoms with van der Waals surface area (Å²) in [6.07, 6.45) is -0.950. The largest absolute Gasteiger partial charge is 0.497 e. The van der Waals surface area contributed by atoms with Crippen molar-refractivity contribution in [2.75, 3.05) is 24.8 Å². The van der Waals surface area contributed by atoms with Gasteiger partial charge in [-0.3, -0.25) is 10.1 Å². The van der Waals surface area contributed by atoms with Crippen LogP contribution in [0.15, 0.2) is 75.9 Å². The first-order chi connectivity index (χ1) is 18.2. The molecule has 2 amide bonds. The highest BCUT2D eigenvalue weighted by atomic mass is 16.5. The lowest BCUT2D eigenvalue weighted by molar-refractivity contribution is -0.131. The highest BCUT2D eigenvalue weighted by Crippen LogP contribution is 2.24. The lowest BCUT2D eigenvalue weighted by atomic mass is 10.0. The number of carboxylic acid groups (broad SMARTS) is 1. The quantitative estimate of drug-likeness (QED) is 0.300. The smallest absolute Gasteiger partial charge is 0.409 e. The molecule has 38 heavy (non-hydrogen) atoms. The Morgan fingerprint density at radius 2 is 1.76 bits per heavy atom. The van der Waals surface area contributed by atoms with E-state index in [0.29, 0.717) is 29.8 Å². The molecule has 0 saturated carbocycles. The van der Waals surface area contributed by atoms with Gasteiger partial charge in [-0.05, 0) is 47.9 Å². The van der Waals surface area contributed by atoms with E-state index < -0.39 is 17.8 Å². The van der Waals surface area contributed by atoms with E-state index in [0.717, 1.165) is 11.1 Å². The number of carbonyl (C=O) groups is 2. The lowest BCUT2D eigenvalue weighted by Crippen LogP contribution is -2.42. The second-order valence-electron chi connectivity index (χ2n) is 8.80. The van der Waals surface area contributed by atoms with Crippen LogP contribution in [0.4, 0.5) is 16.5 Å². The molecule has 4 rings (SSSR count). The van der Waals surface area contributed by atoms with E-state index >= 15 is 0 Å². The molecule has 10 heteroatoms. The first-order valence-corrected chi connectivity index (χ1v) is 11.9. The van der Waals surface area contributed by atoms with Gasteiger partial charge in [0.2, 0.25) is 5.91 Å². The maximum absolute atomic E-state index is 13.6. The molecule has 0 unspecified atom stereocenters. The number of likely N-dealkylation sites (N-methyl/N-ethyl adjacent to an activating group) is 1. The zero-order valence-electron chi connectivity index (χ0n) is 21.2. The van der Waals surface area contributed by atoms with E-state index in [2.05, 4.69) is 15.6 Å². The molecule has 0 aliphatic rings. The normalized spacial score (nSPS) is 11.6. The zero-order valence-corrected chi connectivity index (χ0v) is 21.2. The highest BCUT2D eigenvalue weighted by molar-refractivity contribution is 5.92. The van der Waals surface area contributed by atoms with Crippen LogP contribution in [0, 0.1) is 6.92 Å². The van der Waals surface area contributed by atoms with Gasteiger partial charge in [-0.1, -0.05) is 42.5 Å². The molecule has 0 fully saturated rings. The SMILES string of the molecule is COc1ccc(C[C@H](Nc2nc3ccc(NC(=O)O)c(C)c3c(=O)o2)C(=O)N(C)Cc2ccccc2)cc1. The molecule has 1 aromatic heterocycles. The van der Waals surface area contributed by atoms with Gasteiger partial charge in [0.05, 0.1) is 18.0 Å². The Balaban J connectivity index is 1.65. The number of hydrogen-bond donors (Lipinski definition) is 3. The van der Waals surface area contributed by atoms with Crippen LogP contribution in [0.5, 0.6) is 5.75 Å². The van der Waals surface area contributed by atoms with Crippen molar-refractivity contribution in [3.8, 4) is 5.75 Å². The molecule has 3 N–H and O–H groups in total. The fraction of sp³-hybridized carbons (Fsp3) is 0.214. The maximum Gasteiger partial charge on any atom is 0.409 e. The topological polar surface area (TPSA) is 134 Å². The first kappa shape index (κ1) is 26.2. The van der Waals surface area contributed by atoms with Gasteiger partial charge in [0, 0.05) is 25.7 Å². The third kappa shape index (κ3) is 6.09. The van der Waals surface area contributed by atoms with Gasteiger partial charge in [0.15, 0.2) is 0 Å². The molecular weight excluding hydrogens is 488 g/mol. The van der Waals surface area contributed by atoms with Gasteiger partial charge in [0.25, 0.3) is 6.01 Å². The minimum absolute atomic E-state index is 0.110. The van der Waals surface area contributed by atoms with Crippen molar-refractivity contribution < 1.29 is 23.8 Å². The number of aryl methyl sites for hydroxylation is 1. The Labute approximate surface area is 218 Å². The molecule has 3 aromatic carbocycles. The van der Waals surface area contributed by atoms with Crippen molar-refractivity contribution in [2.24, 2.45) is 0 Å².